The van der Waals surface area contributed by atoms with Gasteiger partial charge in [0.05, 0.1) is 0 Å². The van der Waals surface area contributed by atoms with Crippen molar-refractivity contribution in [3.8, 4) is 0 Å². The van der Waals surface area contributed by atoms with Gasteiger partial charge >= 0.3 is 0 Å². The fraction of sp³-hybridized carbons (Fsp3) is 0.167. The summed E-state index contributed by atoms with van der Waals surface area (Å²) in [4.78, 5) is 11.9. The summed E-state index contributed by atoms with van der Waals surface area (Å²) in [7, 11) is 0. The van der Waals surface area contributed by atoms with Gasteiger partial charge in [0.2, 0.25) is 0 Å². The Labute approximate surface area is 124 Å². The number of carbonyl (C=O) groups excluding carboxylic acids is 1. The van der Waals surface area contributed by atoms with Crippen LogP contribution in [0.15, 0.2) is 60.2 Å². The van der Waals surface area contributed by atoms with Crippen LogP contribution in [-0.4, -0.2) is 11.0 Å². The summed E-state index contributed by atoms with van der Waals surface area (Å²) >= 11 is 0. The number of hydrogen-bond donors (Lipinski definition) is 2. The first-order chi connectivity index (χ1) is 9.94. The van der Waals surface area contributed by atoms with Crippen LogP contribution in [0, 0.1) is 0 Å². The monoisotopic (exact) mass is 281 g/mol. The largest absolute Gasteiger partial charge is 0.372 e. The average molecular weight is 281 g/mol. The summed E-state index contributed by atoms with van der Waals surface area (Å²) in [6.07, 6.45) is 1.98. The van der Waals surface area contributed by atoms with Crippen molar-refractivity contribution in [2.75, 3.05) is 0 Å². The van der Waals surface area contributed by atoms with E-state index in [0.717, 1.165) is 11.1 Å². The molecule has 1 amide bonds. The van der Waals surface area contributed by atoms with Crippen LogP contribution in [0.3, 0.4) is 0 Å². The molecule has 3 heteroatoms. The second-order valence-electron chi connectivity index (χ2n) is 5.29. The lowest BCUT2D eigenvalue weighted by atomic mass is 9.85. The van der Waals surface area contributed by atoms with Gasteiger partial charge in [0, 0.05) is 0 Å². The molecule has 0 aliphatic carbocycles. The van der Waals surface area contributed by atoms with Crippen molar-refractivity contribution in [2.24, 2.45) is 5.73 Å². The first-order valence-corrected chi connectivity index (χ1v) is 6.78. The molecule has 0 bridgehead atoms. The summed E-state index contributed by atoms with van der Waals surface area (Å²) in [5.41, 5.74) is 6.64. The van der Waals surface area contributed by atoms with E-state index >= 15 is 0 Å². The van der Waals surface area contributed by atoms with Gasteiger partial charge in [0.25, 0.3) is 5.91 Å². The molecule has 1 unspecified atom stereocenters. The summed E-state index contributed by atoms with van der Waals surface area (Å²) in [5.74, 6) is -0.789. The van der Waals surface area contributed by atoms with Crippen LogP contribution in [0.1, 0.15) is 30.5 Å². The standard InChI is InChI=1S/C18H19NO2/c1-13(2)11-14-7-6-10-16(12-14)18(21,17(19)20)15-8-4-3-5-9-15/h3-12,21H,1-2H3,(H2,19,20). The molecular formula is C18H19NO2. The molecule has 1 atom stereocenters. The number of hydrogen-bond acceptors (Lipinski definition) is 2. The normalized spacial score (nSPS) is 13.3. The third-order valence-corrected chi connectivity index (χ3v) is 3.31. The Morgan fingerprint density at radius 2 is 1.67 bits per heavy atom. The molecular weight excluding hydrogens is 262 g/mol. The van der Waals surface area contributed by atoms with E-state index in [4.69, 9.17) is 5.73 Å². The minimum Gasteiger partial charge on any atom is -0.372 e. The summed E-state index contributed by atoms with van der Waals surface area (Å²) in [5, 5.41) is 10.9. The maximum absolute atomic E-state index is 11.9. The Morgan fingerprint density at radius 3 is 2.24 bits per heavy atom. The van der Waals surface area contributed by atoms with Crippen LogP contribution < -0.4 is 5.73 Å². The molecule has 2 rings (SSSR count). The van der Waals surface area contributed by atoms with Crippen LogP contribution in [-0.2, 0) is 10.4 Å². The van der Waals surface area contributed by atoms with Crippen molar-refractivity contribution >= 4 is 12.0 Å². The van der Waals surface area contributed by atoms with Gasteiger partial charge in [-0.05, 0) is 36.6 Å². The highest BCUT2D eigenvalue weighted by Gasteiger charge is 2.38. The minimum atomic E-state index is -1.83. The lowest BCUT2D eigenvalue weighted by Crippen LogP contribution is -2.42. The van der Waals surface area contributed by atoms with Gasteiger partial charge in [-0.1, -0.05) is 60.2 Å². The predicted octanol–water partition coefficient (Wildman–Crippen LogP) is 2.83. The second-order valence-corrected chi connectivity index (χ2v) is 5.29. The maximum Gasteiger partial charge on any atom is 0.258 e. The first-order valence-electron chi connectivity index (χ1n) is 6.78. The van der Waals surface area contributed by atoms with Gasteiger partial charge in [-0.3, -0.25) is 4.79 Å². The molecule has 0 fully saturated rings. The van der Waals surface area contributed by atoms with Crippen molar-refractivity contribution < 1.29 is 9.90 Å². The number of nitrogens with two attached hydrogens (primary N) is 1. The third kappa shape index (κ3) is 3.03. The van der Waals surface area contributed by atoms with E-state index in [-0.39, 0.29) is 0 Å². The number of primary amides is 1. The summed E-state index contributed by atoms with van der Waals surface area (Å²) < 4.78 is 0. The van der Waals surface area contributed by atoms with Crippen molar-refractivity contribution in [3.05, 3.63) is 76.9 Å². The molecule has 0 aromatic heterocycles. The van der Waals surface area contributed by atoms with E-state index in [1.54, 1.807) is 42.5 Å². The number of benzene rings is 2. The molecule has 0 aliphatic rings. The van der Waals surface area contributed by atoms with E-state index in [9.17, 15) is 9.90 Å². The lowest BCUT2D eigenvalue weighted by molar-refractivity contribution is -0.133. The van der Waals surface area contributed by atoms with E-state index < -0.39 is 11.5 Å². The highest BCUT2D eigenvalue weighted by Crippen LogP contribution is 2.30. The molecule has 0 heterocycles. The molecule has 0 spiro atoms. The predicted molar refractivity (Wildman–Crippen MR) is 84.4 cm³/mol. The Hall–Kier alpha value is -2.39. The van der Waals surface area contributed by atoms with Gasteiger partial charge in [-0.15, -0.1) is 0 Å². The maximum atomic E-state index is 11.9. The Bertz CT molecular complexity index is 673. The fourth-order valence-electron chi connectivity index (χ4n) is 2.32. The molecule has 0 aliphatic heterocycles. The highest BCUT2D eigenvalue weighted by molar-refractivity contribution is 5.88. The molecule has 108 valence electrons. The average Bonchev–Trinajstić information content (AvgIpc) is 2.46. The van der Waals surface area contributed by atoms with Gasteiger partial charge in [0.15, 0.2) is 5.60 Å². The third-order valence-electron chi connectivity index (χ3n) is 3.31. The Kier molecular flexibility index (Phi) is 4.24. The van der Waals surface area contributed by atoms with E-state index in [1.165, 1.54) is 0 Å². The van der Waals surface area contributed by atoms with Gasteiger partial charge in [-0.2, -0.15) is 0 Å². The zero-order valence-electron chi connectivity index (χ0n) is 12.2. The smallest absolute Gasteiger partial charge is 0.258 e. The number of amides is 1. The number of aliphatic hydroxyl groups is 1. The second kappa shape index (κ2) is 5.94. The molecule has 3 N–H and O–H groups in total. The molecule has 2 aromatic carbocycles. The molecule has 3 nitrogen and oxygen atoms in total. The van der Waals surface area contributed by atoms with Crippen LogP contribution in [0.2, 0.25) is 0 Å². The molecule has 2 aromatic rings. The minimum absolute atomic E-state index is 0.465. The van der Waals surface area contributed by atoms with Crippen LogP contribution in [0.5, 0.6) is 0 Å². The number of carbonyl (C=O) groups is 1. The van der Waals surface area contributed by atoms with Crippen molar-refractivity contribution in [2.45, 2.75) is 19.4 Å². The Balaban J connectivity index is 2.59. The van der Waals surface area contributed by atoms with Crippen molar-refractivity contribution in [1.29, 1.82) is 0 Å². The molecule has 0 radical (unpaired) electrons. The quantitative estimate of drug-likeness (QED) is 0.905. The van der Waals surface area contributed by atoms with E-state index in [1.807, 2.05) is 32.1 Å². The topological polar surface area (TPSA) is 63.3 Å². The van der Waals surface area contributed by atoms with E-state index in [0.29, 0.717) is 11.1 Å². The van der Waals surface area contributed by atoms with Gasteiger partial charge in [-0.25, -0.2) is 0 Å². The molecule has 0 saturated heterocycles. The van der Waals surface area contributed by atoms with Crippen molar-refractivity contribution in [1.82, 2.24) is 0 Å². The van der Waals surface area contributed by atoms with Crippen molar-refractivity contribution in [3.63, 3.8) is 0 Å². The fourth-order valence-corrected chi connectivity index (χ4v) is 2.32. The van der Waals surface area contributed by atoms with Gasteiger partial charge in [0.1, 0.15) is 0 Å². The lowest BCUT2D eigenvalue weighted by Gasteiger charge is -2.26. The molecule has 0 saturated carbocycles. The zero-order valence-corrected chi connectivity index (χ0v) is 12.2. The SMILES string of the molecule is CC(C)=Cc1cccc(C(O)(C(N)=O)c2ccccc2)c1. The van der Waals surface area contributed by atoms with Crippen LogP contribution in [0.25, 0.3) is 6.08 Å². The highest BCUT2D eigenvalue weighted by atomic mass is 16.3. The summed E-state index contributed by atoms with van der Waals surface area (Å²) in [6.45, 7) is 3.98. The first kappa shape index (κ1) is 15.0. The van der Waals surface area contributed by atoms with Gasteiger partial charge < -0.3 is 10.8 Å². The van der Waals surface area contributed by atoms with Crippen LogP contribution in [0.4, 0.5) is 0 Å². The van der Waals surface area contributed by atoms with E-state index in [2.05, 4.69) is 0 Å². The molecule has 21 heavy (non-hydrogen) atoms. The Morgan fingerprint density at radius 1 is 1.05 bits per heavy atom. The van der Waals surface area contributed by atoms with Crippen LogP contribution >= 0.6 is 0 Å². The zero-order chi connectivity index (χ0) is 15.5. The summed E-state index contributed by atoms with van der Waals surface area (Å²) in [6, 6.07) is 16.0. The number of allylic oxidation sites excluding steroid dienone is 1. The number of rotatable bonds is 4.